The summed E-state index contributed by atoms with van der Waals surface area (Å²) in [5.74, 6) is -5.50. The molecule has 1 N–H and O–H groups in total. The van der Waals surface area contributed by atoms with Crippen molar-refractivity contribution in [2.45, 2.75) is 58.5 Å². The van der Waals surface area contributed by atoms with Gasteiger partial charge in [-0.2, -0.15) is 0 Å². The molecule has 12 heteroatoms. The van der Waals surface area contributed by atoms with Gasteiger partial charge < -0.3 is 19.8 Å². The fourth-order valence-electron chi connectivity index (χ4n) is 7.05. The Hall–Kier alpha value is -5.13. The molecule has 2 amide bonds. The number of halogens is 3. The van der Waals surface area contributed by atoms with Crippen LogP contribution in [0.2, 0.25) is 0 Å². The Morgan fingerprint density at radius 1 is 1.00 bits per heavy atom. The topological polar surface area (TPSA) is 99.0 Å². The molecule has 6 rings (SSSR count). The molecule has 2 aliphatic rings. The summed E-state index contributed by atoms with van der Waals surface area (Å²) in [6.45, 7) is 12.9. The van der Waals surface area contributed by atoms with Crippen molar-refractivity contribution >= 4 is 34.1 Å². The van der Waals surface area contributed by atoms with Crippen LogP contribution in [0.1, 0.15) is 57.7 Å². The number of nitrogens with zero attached hydrogens (tertiary/aromatic N) is 5. The Balaban J connectivity index is 1.82. The molecule has 2 aromatic heterocycles. The van der Waals surface area contributed by atoms with Gasteiger partial charge in [0.05, 0.1) is 40.3 Å². The molecule has 1 fully saturated rings. The van der Waals surface area contributed by atoms with E-state index in [0.29, 0.717) is 11.3 Å². The number of carbonyl (C=O) groups is 2. The molecule has 0 bridgehead atoms. The van der Waals surface area contributed by atoms with Gasteiger partial charge in [0.1, 0.15) is 29.1 Å². The van der Waals surface area contributed by atoms with E-state index in [9.17, 15) is 19.5 Å². The summed E-state index contributed by atoms with van der Waals surface area (Å²) < 4.78 is 50.1. The van der Waals surface area contributed by atoms with Crippen LogP contribution in [0.5, 0.6) is 5.75 Å². The van der Waals surface area contributed by atoms with Crippen LogP contribution >= 0.6 is 0 Å². The zero-order valence-electron chi connectivity index (χ0n) is 27.5. The van der Waals surface area contributed by atoms with Crippen LogP contribution in [0.15, 0.2) is 54.0 Å². The summed E-state index contributed by atoms with van der Waals surface area (Å²) in [7, 11) is 1.42. The third-order valence-electron chi connectivity index (χ3n) is 9.35. The lowest BCUT2D eigenvalue weighted by molar-refractivity contribution is -0.130. The maximum absolute atomic E-state index is 17.4. The average Bonchev–Trinajstić information content (AvgIpc) is 3.03. The second-order valence-electron chi connectivity index (χ2n) is 13.0. The number of aromatic hydroxyl groups is 1. The van der Waals surface area contributed by atoms with E-state index in [1.165, 1.54) is 22.9 Å². The molecule has 2 aromatic carbocycles. The number of carbonyl (C=O) groups excluding carboxylic acids is 2. The van der Waals surface area contributed by atoms with Crippen molar-refractivity contribution in [3.05, 3.63) is 88.2 Å². The number of phenols is 1. The maximum atomic E-state index is 17.4. The largest absolute Gasteiger partial charge is 0.507 e. The first-order valence-corrected chi connectivity index (χ1v) is 15.8. The van der Waals surface area contributed by atoms with Gasteiger partial charge in [0.25, 0.3) is 11.5 Å². The third kappa shape index (κ3) is 4.76. The number of aromatic nitrogens is 2. The molecule has 2 unspecified atom stereocenters. The zero-order chi connectivity index (χ0) is 34.9. The van der Waals surface area contributed by atoms with Gasteiger partial charge in [0.15, 0.2) is 5.82 Å². The first-order valence-electron chi connectivity index (χ1n) is 15.8. The zero-order valence-corrected chi connectivity index (χ0v) is 27.5. The fraction of sp³-hybridized carbons (Fsp3) is 0.333. The van der Waals surface area contributed by atoms with E-state index in [2.05, 4.69) is 11.6 Å². The van der Waals surface area contributed by atoms with Gasteiger partial charge in [0.2, 0.25) is 5.91 Å². The van der Waals surface area contributed by atoms with E-state index in [4.69, 9.17) is 0 Å². The molecule has 48 heavy (non-hydrogen) atoms. The lowest BCUT2D eigenvalue weighted by Crippen LogP contribution is -2.66. The number of fused-ring (bicyclic) bond motifs is 5. The quantitative estimate of drug-likeness (QED) is 0.265. The van der Waals surface area contributed by atoms with Crippen LogP contribution in [0, 0.1) is 17.5 Å². The van der Waals surface area contributed by atoms with Crippen molar-refractivity contribution in [2.75, 3.05) is 29.9 Å². The molecule has 0 saturated carbocycles. The number of pyridine rings is 2. The Labute approximate surface area is 275 Å². The molecule has 0 radical (unpaired) electrons. The summed E-state index contributed by atoms with van der Waals surface area (Å²) in [5, 5.41) is 10.6. The fourth-order valence-corrected chi connectivity index (χ4v) is 7.05. The van der Waals surface area contributed by atoms with Crippen LogP contribution < -0.4 is 15.4 Å². The van der Waals surface area contributed by atoms with Crippen LogP contribution in [0.3, 0.4) is 0 Å². The number of hydrogen-bond acceptors (Lipinski definition) is 6. The molecule has 250 valence electrons. The predicted molar refractivity (Wildman–Crippen MR) is 178 cm³/mol. The Morgan fingerprint density at radius 2 is 1.71 bits per heavy atom. The summed E-state index contributed by atoms with van der Waals surface area (Å²) in [4.78, 5) is 50.5. The standard InChI is InChI=1S/C36H36F3N5O4/c1-8-26(46)42-16-24-35(47)41(7)34-33(43(24)15-19(42)6)21-14-23(38)28(27-22(37)10-9-11-25(27)45)29(39)31(21)44(36(34)48)32-20(17(2)3)12-13-40-30(32)18(4)5/h8-14,17-19,24,45H,1,15-16H2,2-7H3. The first-order chi connectivity index (χ1) is 22.7. The summed E-state index contributed by atoms with van der Waals surface area (Å²) in [6.07, 6.45) is 2.76. The summed E-state index contributed by atoms with van der Waals surface area (Å²) in [6, 6.07) is 4.60. The number of rotatable bonds is 5. The molecule has 0 aliphatic carbocycles. The van der Waals surface area contributed by atoms with Gasteiger partial charge in [-0.1, -0.05) is 40.3 Å². The first kappa shape index (κ1) is 32.8. The predicted octanol–water partition coefficient (Wildman–Crippen LogP) is 5.99. The molecular weight excluding hydrogens is 623 g/mol. The minimum Gasteiger partial charge on any atom is -0.507 e. The normalized spacial score (nSPS) is 17.7. The highest BCUT2D eigenvalue weighted by atomic mass is 19.1. The van der Waals surface area contributed by atoms with Crippen molar-refractivity contribution in [2.24, 2.45) is 0 Å². The lowest BCUT2D eigenvalue weighted by atomic mass is 9.93. The Kier molecular flexibility index (Phi) is 8.09. The molecule has 4 heterocycles. The average molecular weight is 660 g/mol. The number of benzene rings is 2. The molecule has 0 spiro atoms. The SMILES string of the molecule is C=CC(=O)N1CC2C(=O)N(C)c3c(c4cc(F)c(-c5c(O)cccc5F)c(F)c4n(-c4c(C(C)C)ccnc4C(C)C)c3=O)N2CC1C. The van der Waals surface area contributed by atoms with Crippen molar-refractivity contribution < 1.29 is 27.9 Å². The van der Waals surface area contributed by atoms with Crippen LogP contribution in [-0.4, -0.2) is 63.6 Å². The third-order valence-corrected chi connectivity index (χ3v) is 9.35. The Bertz CT molecular complexity index is 2050. The van der Waals surface area contributed by atoms with E-state index in [1.807, 2.05) is 27.7 Å². The van der Waals surface area contributed by atoms with Gasteiger partial charge in [-0.3, -0.25) is 23.9 Å². The molecule has 4 aromatic rings. The molecule has 9 nitrogen and oxygen atoms in total. The van der Waals surface area contributed by atoms with E-state index < -0.39 is 57.9 Å². The Morgan fingerprint density at radius 3 is 2.33 bits per heavy atom. The number of amides is 2. The monoisotopic (exact) mass is 659 g/mol. The molecule has 2 atom stereocenters. The van der Waals surface area contributed by atoms with Gasteiger partial charge in [0, 0.05) is 31.2 Å². The highest BCUT2D eigenvalue weighted by Crippen LogP contribution is 2.46. The number of likely N-dealkylation sites (N-methyl/N-ethyl adjacent to an activating group) is 1. The lowest BCUT2D eigenvalue weighted by Gasteiger charge is -2.50. The number of piperazine rings is 1. The second kappa shape index (κ2) is 11.8. The van der Waals surface area contributed by atoms with E-state index in [1.54, 1.807) is 24.1 Å². The number of anilines is 2. The number of phenolic OH excluding ortho intramolecular Hbond substituents is 1. The van der Waals surface area contributed by atoms with Crippen molar-refractivity contribution in [3.63, 3.8) is 0 Å². The van der Waals surface area contributed by atoms with Gasteiger partial charge in [-0.05, 0) is 54.7 Å². The van der Waals surface area contributed by atoms with Crippen LogP contribution in [0.4, 0.5) is 24.5 Å². The van der Waals surface area contributed by atoms with Crippen molar-refractivity contribution in [3.8, 4) is 22.6 Å². The van der Waals surface area contributed by atoms with E-state index >= 15 is 13.2 Å². The maximum Gasteiger partial charge on any atom is 0.281 e. The van der Waals surface area contributed by atoms with Crippen molar-refractivity contribution in [1.29, 1.82) is 0 Å². The molecule has 1 saturated heterocycles. The van der Waals surface area contributed by atoms with Gasteiger partial charge in [-0.15, -0.1) is 0 Å². The minimum atomic E-state index is -1.27. The van der Waals surface area contributed by atoms with Gasteiger partial charge in [-0.25, -0.2) is 13.2 Å². The van der Waals surface area contributed by atoms with E-state index in [-0.39, 0.29) is 58.8 Å². The highest BCUT2D eigenvalue weighted by Gasteiger charge is 2.46. The van der Waals surface area contributed by atoms with Gasteiger partial charge >= 0.3 is 0 Å². The molecular formula is C36H36F3N5O4. The van der Waals surface area contributed by atoms with Crippen LogP contribution in [-0.2, 0) is 9.59 Å². The number of hydrogen-bond donors (Lipinski definition) is 1. The second-order valence-corrected chi connectivity index (χ2v) is 13.0. The molecule has 2 aliphatic heterocycles. The smallest absolute Gasteiger partial charge is 0.281 e. The van der Waals surface area contributed by atoms with E-state index in [0.717, 1.165) is 28.8 Å². The summed E-state index contributed by atoms with van der Waals surface area (Å²) >= 11 is 0. The summed E-state index contributed by atoms with van der Waals surface area (Å²) in [5.41, 5.74) is -1.30. The van der Waals surface area contributed by atoms with Crippen LogP contribution in [0.25, 0.3) is 27.7 Å². The van der Waals surface area contributed by atoms with Crippen molar-refractivity contribution in [1.82, 2.24) is 14.5 Å². The minimum absolute atomic E-state index is 0.0486. The highest BCUT2D eigenvalue weighted by molar-refractivity contribution is 6.13.